The van der Waals surface area contributed by atoms with E-state index in [1.54, 1.807) is 20.8 Å². The number of ether oxygens (including phenoxy) is 2. The van der Waals surface area contributed by atoms with Crippen molar-refractivity contribution < 1.29 is 35.9 Å². The highest BCUT2D eigenvalue weighted by molar-refractivity contribution is 14.1. The summed E-state index contributed by atoms with van der Waals surface area (Å²) in [5.74, 6) is 0. The van der Waals surface area contributed by atoms with Crippen LogP contribution in [0.1, 0.15) is 31.9 Å². The average Bonchev–Trinajstić information content (AvgIpc) is 2.97. The highest BCUT2D eigenvalue weighted by Gasteiger charge is 2.35. The van der Waals surface area contributed by atoms with Crippen LogP contribution < -0.4 is 0 Å². The molecule has 2 aromatic rings. The summed E-state index contributed by atoms with van der Waals surface area (Å²) in [6, 6.07) is 2.88. The zero-order chi connectivity index (χ0) is 23.6. The fourth-order valence-electron chi connectivity index (χ4n) is 2.40. The van der Waals surface area contributed by atoms with E-state index in [2.05, 4.69) is 5.10 Å². The molecule has 0 unspecified atom stereocenters. The van der Waals surface area contributed by atoms with E-state index in [-0.39, 0.29) is 6.73 Å². The van der Waals surface area contributed by atoms with Crippen LogP contribution in [-0.4, -0.2) is 41.3 Å². The minimum absolute atomic E-state index is 0.105. The summed E-state index contributed by atoms with van der Waals surface area (Å²) in [5.41, 5.74) is -1.62. The van der Waals surface area contributed by atoms with E-state index < -0.39 is 44.9 Å². The summed E-state index contributed by atoms with van der Waals surface area (Å²) in [6.07, 6.45) is -4.29. The molecule has 0 aliphatic carbocycles. The van der Waals surface area contributed by atoms with Crippen LogP contribution in [0.3, 0.4) is 0 Å². The van der Waals surface area contributed by atoms with Gasteiger partial charge in [0.1, 0.15) is 16.0 Å². The van der Waals surface area contributed by atoms with E-state index in [4.69, 9.17) is 9.47 Å². The molecule has 0 aliphatic rings. The molecular weight excluding hydrogens is 554 g/mol. The van der Waals surface area contributed by atoms with Gasteiger partial charge in [-0.05, 0) is 67.6 Å². The van der Waals surface area contributed by atoms with Gasteiger partial charge in [-0.15, -0.1) is 0 Å². The molecule has 0 saturated heterocycles. The number of hydrogen-bond acceptors (Lipinski definition) is 6. The van der Waals surface area contributed by atoms with E-state index in [1.165, 1.54) is 18.0 Å². The highest BCUT2D eigenvalue weighted by Crippen LogP contribution is 2.31. The van der Waals surface area contributed by atoms with Crippen molar-refractivity contribution in [3.8, 4) is 0 Å². The molecule has 172 valence electrons. The molecule has 31 heavy (non-hydrogen) atoms. The largest absolute Gasteiger partial charge is 0.443 e. The van der Waals surface area contributed by atoms with Crippen molar-refractivity contribution in [2.75, 3.05) is 7.11 Å². The molecule has 1 amide bonds. The van der Waals surface area contributed by atoms with Crippen LogP contribution in [0.2, 0.25) is 0 Å². The molecule has 0 atom stereocenters. The molecule has 2 rings (SSSR count). The standard InChI is InChI=1S/C18H21F3IN3O5S/c1-17(2,3)30-16(26)25(10-12-9-24(11-29-4)23-15(12)22)31(27,28)14-7-5-13(6-8-14)18(19,20)21/h5-9H,10-11H2,1-4H3. The maximum atomic E-state index is 13.2. The fraction of sp³-hybridized carbons (Fsp3) is 0.444. The van der Waals surface area contributed by atoms with Gasteiger partial charge >= 0.3 is 12.3 Å². The van der Waals surface area contributed by atoms with Crippen molar-refractivity contribution in [3.63, 3.8) is 0 Å². The number of benzene rings is 1. The van der Waals surface area contributed by atoms with Crippen molar-refractivity contribution >= 4 is 38.7 Å². The van der Waals surface area contributed by atoms with E-state index >= 15 is 0 Å². The number of halogens is 4. The zero-order valence-electron chi connectivity index (χ0n) is 17.1. The Hall–Kier alpha value is -1.87. The molecule has 0 saturated carbocycles. The van der Waals surface area contributed by atoms with Gasteiger partial charge in [-0.3, -0.25) is 0 Å². The summed E-state index contributed by atoms with van der Waals surface area (Å²) >= 11 is 1.88. The summed E-state index contributed by atoms with van der Waals surface area (Å²) in [4.78, 5) is 12.3. The van der Waals surface area contributed by atoms with E-state index in [0.29, 0.717) is 25.7 Å². The number of hydrogen-bond donors (Lipinski definition) is 0. The molecule has 0 aliphatic heterocycles. The number of amides is 1. The lowest BCUT2D eigenvalue weighted by atomic mass is 10.2. The minimum atomic E-state index is -4.63. The van der Waals surface area contributed by atoms with Crippen LogP contribution in [0.4, 0.5) is 18.0 Å². The number of sulfonamides is 1. The normalized spacial score (nSPS) is 12.6. The third-order valence-electron chi connectivity index (χ3n) is 3.73. The second-order valence-electron chi connectivity index (χ2n) is 7.42. The molecule has 0 radical (unpaired) electrons. The van der Waals surface area contributed by atoms with Gasteiger partial charge in [-0.1, -0.05) is 0 Å². The second kappa shape index (κ2) is 9.32. The van der Waals surface area contributed by atoms with Crippen LogP contribution in [0.5, 0.6) is 0 Å². The Kier molecular flexibility index (Phi) is 7.63. The zero-order valence-corrected chi connectivity index (χ0v) is 20.1. The molecule has 1 aromatic heterocycles. The monoisotopic (exact) mass is 575 g/mol. The molecule has 0 fully saturated rings. The van der Waals surface area contributed by atoms with Gasteiger partial charge < -0.3 is 9.47 Å². The van der Waals surface area contributed by atoms with Crippen LogP contribution in [-0.2, 0) is 38.9 Å². The number of aromatic nitrogens is 2. The van der Waals surface area contributed by atoms with Gasteiger partial charge in [-0.25, -0.2) is 17.9 Å². The van der Waals surface area contributed by atoms with Crippen LogP contribution in [0, 0.1) is 3.70 Å². The number of carbonyl (C=O) groups is 1. The number of alkyl halides is 3. The fourth-order valence-corrected chi connectivity index (χ4v) is 4.27. The van der Waals surface area contributed by atoms with E-state index in [1.807, 2.05) is 22.6 Å². The molecule has 1 aromatic carbocycles. The summed E-state index contributed by atoms with van der Waals surface area (Å²) in [5, 5.41) is 4.16. The van der Waals surface area contributed by atoms with Crippen molar-refractivity contribution in [1.29, 1.82) is 0 Å². The van der Waals surface area contributed by atoms with Crippen molar-refractivity contribution in [2.24, 2.45) is 0 Å². The first-order chi connectivity index (χ1) is 14.1. The molecule has 13 heteroatoms. The van der Waals surface area contributed by atoms with Gasteiger partial charge in [0, 0.05) is 18.9 Å². The maximum Gasteiger partial charge on any atom is 0.424 e. The molecule has 0 bridgehead atoms. The smallest absolute Gasteiger partial charge is 0.424 e. The van der Waals surface area contributed by atoms with Crippen molar-refractivity contribution in [3.05, 3.63) is 45.3 Å². The van der Waals surface area contributed by atoms with E-state index in [9.17, 15) is 26.4 Å². The Labute approximate surface area is 191 Å². The molecule has 0 N–H and O–H groups in total. The summed E-state index contributed by atoms with van der Waals surface area (Å²) in [6.45, 7) is 4.37. The van der Waals surface area contributed by atoms with Crippen LogP contribution in [0.25, 0.3) is 0 Å². The highest BCUT2D eigenvalue weighted by atomic mass is 127. The van der Waals surface area contributed by atoms with Gasteiger partial charge in [0.05, 0.1) is 17.0 Å². The molecule has 0 spiro atoms. The molecule has 1 heterocycles. The van der Waals surface area contributed by atoms with Gasteiger partial charge in [0.15, 0.2) is 0 Å². The predicted octanol–water partition coefficient (Wildman–Crippen LogP) is 4.24. The number of nitrogens with zero attached hydrogens (tertiary/aromatic N) is 3. The Morgan fingerprint density at radius 3 is 2.26 bits per heavy atom. The number of rotatable bonds is 6. The van der Waals surface area contributed by atoms with Crippen molar-refractivity contribution in [2.45, 2.75) is 50.7 Å². The quantitative estimate of drug-likeness (QED) is 0.479. The van der Waals surface area contributed by atoms with Crippen LogP contribution >= 0.6 is 22.6 Å². The maximum absolute atomic E-state index is 13.2. The summed E-state index contributed by atoms with van der Waals surface area (Å²) in [7, 11) is -3.08. The lowest BCUT2D eigenvalue weighted by Gasteiger charge is -2.27. The second-order valence-corrected chi connectivity index (χ2v) is 10.3. The van der Waals surface area contributed by atoms with Crippen molar-refractivity contribution in [1.82, 2.24) is 14.1 Å². The first-order valence-electron chi connectivity index (χ1n) is 8.79. The first-order valence-corrected chi connectivity index (χ1v) is 11.3. The third-order valence-corrected chi connectivity index (χ3v) is 6.36. The van der Waals surface area contributed by atoms with E-state index in [0.717, 1.165) is 12.1 Å². The molecule has 8 nitrogen and oxygen atoms in total. The lowest BCUT2D eigenvalue weighted by Crippen LogP contribution is -2.40. The van der Waals surface area contributed by atoms with Gasteiger partial charge in [0.2, 0.25) is 0 Å². The Balaban J connectivity index is 2.47. The lowest BCUT2D eigenvalue weighted by molar-refractivity contribution is -0.137. The third kappa shape index (κ3) is 6.55. The first kappa shape index (κ1) is 25.4. The Bertz CT molecular complexity index is 1030. The SMILES string of the molecule is COCn1cc(CN(C(=O)OC(C)(C)C)S(=O)(=O)c2ccc(C(F)(F)F)cc2)c(I)n1. The topological polar surface area (TPSA) is 90.7 Å². The predicted molar refractivity (Wildman–Crippen MR) is 112 cm³/mol. The van der Waals surface area contributed by atoms with Gasteiger partial charge in [0.25, 0.3) is 10.0 Å². The van der Waals surface area contributed by atoms with Gasteiger partial charge in [-0.2, -0.15) is 22.6 Å². The minimum Gasteiger partial charge on any atom is -0.443 e. The van der Waals surface area contributed by atoms with Crippen LogP contribution in [0.15, 0.2) is 35.4 Å². The Morgan fingerprint density at radius 2 is 1.77 bits per heavy atom. The molecular formula is C18H21F3IN3O5S. The number of carbonyl (C=O) groups excluding carboxylic acids is 1. The Morgan fingerprint density at radius 1 is 1.19 bits per heavy atom. The number of methoxy groups -OCH3 is 1. The summed E-state index contributed by atoms with van der Waals surface area (Å²) < 4.78 is 77.3. The average molecular weight is 575 g/mol.